The van der Waals surface area contributed by atoms with Gasteiger partial charge in [-0.3, -0.25) is 13.9 Å². The molecule has 0 aliphatic heterocycles. The van der Waals surface area contributed by atoms with Crippen molar-refractivity contribution >= 4 is 27.5 Å². The molecular weight excluding hydrogens is 490 g/mol. The van der Waals surface area contributed by atoms with E-state index in [0.717, 1.165) is 28.1 Å². The van der Waals surface area contributed by atoms with E-state index in [0.29, 0.717) is 17.9 Å². The summed E-state index contributed by atoms with van der Waals surface area (Å²) in [5.74, 6) is -0.0432. The normalized spacial score (nSPS) is 13.1. The van der Waals surface area contributed by atoms with Crippen molar-refractivity contribution in [2.24, 2.45) is 0 Å². The minimum Gasteiger partial charge on any atom is -0.497 e. The summed E-state index contributed by atoms with van der Waals surface area (Å²) in [5.41, 5.74) is 2.06. The number of amides is 2. The summed E-state index contributed by atoms with van der Waals surface area (Å²) >= 11 is 0. The van der Waals surface area contributed by atoms with Crippen molar-refractivity contribution in [2.45, 2.75) is 72.0 Å². The maximum absolute atomic E-state index is 13.9. The Bertz CT molecular complexity index is 1170. The molecule has 0 spiro atoms. The highest BCUT2D eigenvalue weighted by molar-refractivity contribution is 7.92. The van der Waals surface area contributed by atoms with Crippen molar-refractivity contribution in [1.82, 2.24) is 10.2 Å². The van der Waals surface area contributed by atoms with Crippen LogP contribution in [-0.2, 0) is 26.2 Å². The molecular formula is C28H41N3O5S. The molecule has 2 atom stereocenters. The summed E-state index contributed by atoms with van der Waals surface area (Å²) in [6, 6.07) is 13.6. The summed E-state index contributed by atoms with van der Waals surface area (Å²) in [5, 5.41) is 2.97. The van der Waals surface area contributed by atoms with E-state index >= 15 is 0 Å². The van der Waals surface area contributed by atoms with Gasteiger partial charge < -0.3 is 15.0 Å². The molecule has 0 aliphatic carbocycles. The Morgan fingerprint density at radius 3 is 2.24 bits per heavy atom. The number of methoxy groups -OCH3 is 1. The molecule has 0 fully saturated rings. The Morgan fingerprint density at radius 1 is 1.00 bits per heavy atom. The van der Waals surface area contributed by atoms with Crippen LogP contribution in [-0.4, -0.2) is 57.1 Å². The van der Waals surface area contributed by atoms with Gasteiger partial charge in [0, 0.05) is 12.6 Å². The van der Waals surface area contributed by atoms with Crippen LogP contribution in [0.4, 0.5) is 5.69 Å². The van der Waals surface area contributed by atoms with E-state index in [1.807, 2.05) is 65.0 Å². The number of hydrogen-bond acceptors (Lipinski definition) is 5. The molecule has 2 rings (SSSR count). The van der Waals surface area contributed by atoms with Crippen LogP contribution in [0.15, 0.2) is 48.5 Å². The standard InChI is InChI=1S/C28H41N3O5S/c1-8-21(5)29-28(33)25(9-2)30(18-22-13-12-14-23(17-22)36-6)27(32)19-31(37(7,34)35)26-16-11-10-15-24(26)20(3)4/h10-17,20-21,25H,8-9,18-19H2,1-7H3,(H,29,33)/t21-,25+/m1/s1. The summed E-state index contributed by atoms with van der Waals surface area (Å²) in [7, 11) is -2.23. The number of benzene rings is 2. The number of sulfonamides is 1. The lowest BCUT2D eigenvalue weighted by molar-refractivity contribution is -0.140. The van der Waals surface area contributed by atoms with Crippen LogP contribution in [0, 0.1) is 0 Å². The lowest BCUT2D eigenvalue weighted by Gasteiger charge is -2.34. The molecule has 9 heteroatoms. The predicted molar refractivity (Wildman–Crippen MR) is 148 cm³/mol. The first-order chi connectivity index (χ1) is 17.4. The third-order valence-corrected chi connectivity index (χ3v) is 7.51. The van der Waals surface area contributed by atoms with E-state index in [-0.39, 0.29) is 24.4 Å². The number of nitrogens with zero attached hydrogens (tertiary/aromatic N) is 2. The van der Waals surface area contributed by atoms with Crippen molar-refractivity contribution in [3.63, 3.8) is 0 Å². The molecule has 0 aliphatic rings. The van der Waals surface area contributed by atoms with Crippen LogP contribution in [0.25, 0.3) is 0 Å². The number of ether oxygens (including phenoxy) is 1. The summed E-state index contributed by atoms with van der Waals surface area (Å²) in [6.45, 7) is 9.39. The highest BCUT2D eigenvalue weighted by Gasteiger charge is 2.32. The first-order valence-corrected chi connectivity index (χ1v) is 14.6. The van der Waals surface area contributed by atoms with Gasteiger partial charge in [0.15, 0.2) is 0 Å². The van der Waals surface area contributed by atoms with Crippen molar-refractivity contribution in [3.05, 3.63) is 59.7 Å². The predicted octanol–water partition coefficient (Wildman–Crippen LogP) is 4.31. The van der Waals surface area contributed by atoms with Gasteiger partial charge in [0.05, 0.1) is 19.1 Å². The van der Waals surface area contributed by atoms with E-state index in [1.165, 1.54) is 4.90 Å². The lowest BCUT2D eigenvalue weighted by Crippen LogP contribution is -2.53. The van der Waals surface area contributed by atoms with Crippen molar-refractivity contribution in [1.29, 1.82) is 0 Å². The van der Waals surface area contributed by atoms with Gasteiger partial charge in [-0.1, -0.05) is 58.0 Å². The van der Waals surface area contributed by atoms with E-state index in [2.05, 4.69) is 5.32 Å². The minimum atomic E-state index is -3.80. The number of anilines is 1. The molecule has 1 N–H and O–H groups in total. The van der Waals surface area contributed by atoms with Crippen molar-refractivity contribution < 1.29 is 22.7 Å². The lowest BCUT2D eigenvalue weighted by atomic mass is 10.0. The van der Waals surface area contributed by atoms with Gasteiger partial charge in [0.25, 0.3) is 0 Å². The van der Waals surface area contributed by atoms with Gasteiger partial charge in [-0.15, -0.1) is 0 Å². The van der Waals surface area contributed by atoms with Crippen molar-refractivity contribution in [2.75, 3.05) is 24.2 Å². The quantitative estimate of drug-likeness (QED) is 0.416. The molecule has 37 heavy (non-hydrogen) atoms. The Labute approximate surface area is 222 Å². The second-order valence-electron chi connectivity index (χ2n) is 9.60. The van der Waals surface area contributed by atoms with Gasteiger partial charge >= 0.3 is 0 Å². The Morgan fingerprint density at radius 2 is 1.68 bits per heavy atom. The molecule has 0 aromatic heterocycles. The van der Waals surface area contributed by atoms with E-state index < -0.39 is 28.5 Å². The van der Waals surface area contributed by atoms with Crippen LogP contribution >= 0.6 is 0 Å². The average molecular weight is 532 g/mol. The van der Waals surface area contributed by atoms with Gasteiger partial charge in [0.2, 0.25) is 21.8 Å². The second-order valence-corrected chi connectivity index (χ2v) is 11.5. The first kappa shape index (κ1) is 30.2. The van der Waals surface area contributed by atoms with Crippen LogP contribution in [0.3, 0.4) is 0 Å². The SMILES string of the molecule is CC[C@@H](C)NC(=O)[C@H](CC)N(Cc1cccc(OC)c1)C(=O)CN(c1ccccc1C(C)C)S(C)(=O)=O. The van der Waals surface area contributed by atoms with E-state index in [4.69, 9.17) is 4.74 Å². The van der Waals surface area contributed by atoms with Gasteiger partial charge in [0.1, 0.15) is 18.3 Å². The number of carbonyl (C=O) groups excluding carboxylic acids is 2. The van der Waals surface area contributed by atoms with Crippen LogP contribution < -0.4 is 14.4 Å². The van der Waals surface area contributed by atoms with Crippen LogP contribution in [0.5, 0.6) is 5.75 Å². The molecule has 8 nitrogen and oxygen atoms in total. The molecule has 0 saturated carbocycles. The summed E-state index contributed by atoms with van der Waals surface area (Å²) < 4.78 is 32.3. The smallest absolute Gasteiger partial charge is 0.244 e. The Kier molecular flexibility index (Phi) is 11.0. The summed E-state index contributed by atoms with van der Waals surface area (Å²) in [4.78, 5) is 28.6. The zero-order valence-corrected chi connectivity index (χ0v) is 23.8. The third-order valence-electron chi connectivity index (χ3n) is 6.38. The average Bonchev–Trinajstić information content (AvgIpc) is 2.86. The van der Waals surface area contributed by atoms with Gasteiger partial charge in [-0.2, -0.15) is 0 Å². The fourth-order valence-electron chi connectivity index (χ4n) is 4.13. The fraction of sp³-hybridized carbons (Fsp3) is 0.500. The largest absolute Gasteiger partial charge is 0.497 e. The fourth-order valence-corrected chi connectivity index (χ4v) is 4.99. The third kappa shape index (κ3) is 8.21. The first-order valence-electron chi connectivity index (χ1n) is 12.7. The topological polar surface area (TPSA) is 96.0 Å². The van der Waals surface area contributed by atoms with E-state index in [9.17, 15) is 18.0 Å². The molecule has 0 unspecified atom stereocenters. The second kappa shape index (κ2) is 13.5. The minimum absolute atomic E-state index is 0.0492. The molecule has 2 amide bonds. The van der Waals surface area contributed by atoms with Crippen LogP contribution in [0.1, 0.15) is 64.5 Å². The van der Waals surface area contributed by atoms with Crippen molar-refractivity contribution in [3.8, 4) is 5.75 Å². The Balaban J connectivity index is 2.52. The molecule has 2 aromatic carbocycles. The number of hydrogen-bond donors (Lipinski definition) is 1. The van der Waals surface area contributed by atoms with Crippen LogP contribution in [0.2, 0.25) is 0 Å². The number of rotatable bonds is 13. The van der Waals surface area contributed by atoms with Gasteiger partial charge in [-0.25, -0.2) is 8.42 Å². The molecule has 204 valence electrons. The maximum atomic E-state index is 13.9. The molecule has 0 radical (unpaired) electrons. The monoisotopic (exact) mass is 531 g/mol. The van der Waals surface area contributed by atoms with E-state index in [1.54, 1.807) is 25.3 Å². The highest BCUT2D eigenvalue weighted by Crippen LogP contribution is 2.29. The molecule has 0 bridgehead atoms. The summed E-state index contributed by atoms with van der Waals surface area (Å²) in [6.07, 6.45) is 2.22. The highest BCUT2D eigenvalue weighted by atomic mass is 32.2. The number of carbonyl (C=O) groups is 2. The number of para-hydroxylation sites is 1. The van der Waals surface area contributed by atoms with Gasteiger partial charge in [-0.05, 0) is 55.0 Å². The molecule has 0 saturated heterocycles. The molecule has 2 aromatic rings. The maximum Gasteiger partial charge on any atom is 0.244 e. The number of nitrogens with one attached hydrogen (secondary N) is 1. The zero-order chi connectivity index (χ0) is 27.8. The zero-order valence-electron chi connectivity index (χ0n) is 23.0. The molecule has 0 heterocycles. The Hall–Kier alpha value is -3.07.